The van der Waals surface area contributed by atoms with Gasteiger partial charge in [-0.15, -0.1) is 0 Å². The minimum atomic E-state index is -0.498. The molecule has 1 saturated heterocycles. The lowest BCUT2D eigenvalue weighted by Crippen LogP contribution is -2.28. The van der Waals surface area contributed by atoms with Gasteiger partial charge in [0, 0.05) is 30.3 Å². The molecule has 0 aliphatic carbocycles. The third-order valence-electron chi connectivity index (χ3n) is 4.60. The fraction of sp³-hybridized carbons (Fsp3) is 0.263. The summed E-state index contributed by atoms with van der Waals surface area (Å²) in [6, 6.07) is 12.1. The summed E-state index contributed by atoms with van der Waals surface area (Å²) in [7, 11) is 0. The fourth-order valence-corrected chi connectivity index (χ4v) is 3.04. The average Bonchev–Trinajstić information content (AvgIpc) is 2.99. The van der Waals surface area contributed by atoms with Crippen LogP contribution in [0, 0.1) is 29.9 Å². The summed E-state index contributed by atoms with van der Waals surface area (Å²) in [4.78, 5) is 37.0. The second kappa shape index (κ2) is 6.95. The summed E-state index contributed by atoms with van der Waals surface area (Å²) in [5.74, 6) is -0.938. The minimum Gasteiger partial charge on any atom is -0.326 e. The van der Waals surface area contributed by atoms with Crippen LogP contribution in [0.3, 0.4) is 0 Å². The van der Waals surface area contributed by atoms with Crippen molar-refractivity contribution in [3.63, 3.8) is 0 Å². The normalized spacial score (nSPS) is 16.6. The quantitative estimate of drug-likeness (QED) is 0.675. The molecule has 134 valence electrons. The Morgan fingerprint density at radius 3 is 2.62 bits per heavy atom. The van der Waals surface area contributed by atoms with E-state index in [9.17, 15) is 19.7 Å². The predicted octanol–water partition coefficient (Wildman–Crippen LogP) is 3.20. The molecule has 1 heterocycles. The second-order valence-corrected chi connectivity index (χ2v) is 6.44. The number of anilines is 2. The number of nitro benzene ring substituents is 1. The third-order valence-corrected chi connectivity index (χ3v) is 4.60. The van der Waals surface area contributed by atoms with Crippen molar-refractivity contribution in [3.8, 4) is 0 Å². The Morgan fingerprint density at radius 2 is 1.92 bits per heavy atom. The highest BCUT2D eigenvalue weighted by atomic mass is 16.6. The van der Waals surface area contributed by atoms with Crippen LogP contribution >= 0.6 is 0 Å². The molecule has 1 fully saturated rings. The number of carbonyl (C=O) groups excluding carboxylic acids is 2. The van der Waals surface area contributed by atoms with Crippen molar-refractivity contribution in [2.45, 2.75) is 20.3 Å². The molecule has 1 N–H and O–H groups in total. The van der Waals surface area contributed by atoms with Crippen molar-refractivity contribution in [1.82, 2.24) is 0 Å². The van der Waals surface area contributed by atoms with Gasteiger partial charge in [-0.05, 0) is 31.5 Å². The van der Waals surface area contributed by atoms with Gasteiger partial charge in [-0.2, -0.15) is 0 Å². The summed E-state index contributed by atoms with van der Waals surface area (Å²) in [5, 5.41) is 14.0. The fourth-order valence-electron chi connectivity index (χ4n) is 3.04. The van der Waals surface area contributed by atoms with E-state index in [1.54, 1.807) is 19.1 Å². The van der Waals surface area contributed by atoms with Crippen LogP contribution in [0.5, 0.6) is 0 Å². The van der Waals surface area contributed by atoms with Gasteiger partial charge in [0.1, 0.15) is 0 Å². The first-order chi connectivity index (χ1) is 12.4. The number of para-hydroxylation sites is 1. The molecule has 26 heavy (non-hydrogen) atoms. The first-order valence-electron chi connectivity index (χ1n) is 8.28. The molecule has 0 unspecified atom stereocenters. The predicted molar refractivity (Wildman–Crippen MR) is 98.1 cm³/mol. The maximum absolute atomic E-state index is 12.5. The van der Waals surface area contributed by atoms with Gasteiger partial charge in [-0.3, -0.25) is 19.7 Å². The van der Waals surface area contributed by atoms with Crippen molar-refractivity contribution >= 4 is 28.9 Å². The number of nitro groups is 1. The molecule has 3 rings (SSSR count). The Balaban J connectivity index is 1.76. The molecular weight excluding hydrogens is 334 g/mol. The molecule has 7 heteroatoms. The Morgan fingerprint density at radius 1 is 1.19 bits per heavy atom. The highest BCUT2D eigenvalue weighted by Crippen LogP contribution is 2.30. The first kappa shape index (κ1) is 17.6. The van der Waals surface area contributed by atoms with E-state index >= 15 is 0 Å². The van der Waals surface area contributed by atoms with Gasteiger partial charge in [-0.25, -0.2) is 0 Å². The van der Waals surface area contributed by atoms with Crippen LogP contribution in [0.1, 0.15) is 17.5 Å². The molecule has 0 radical (unpaired) electrons. The summed E-state index contributed by atoms with van der Waals surface area (Å²) in [6.07, 6.45) is 0.0827. The monoisotopic (exact) mass is 353 g/mol. The topological polar surface area (TPSA) is 92.6 Å². The van der Waals surface area contributed by atoms with Gasteiger partial charge in [0.25, 0.3) is 5.69 Å². The van der Waals surface area contributed by atoms with Gasteiger partial charge >= 0.3 is 0 Å². The number of amides is 2. The van der Waals surface area contributed by atoms with Crippen LogP contribution in [-0.4, -0.2) is 23.3 Å². The molecule has 0 saturated carbocycles. The molecule has 1 aliphatic heterocycles. The van der Waals surface area contributed by atoms with Crippen molar-refractivity contribution in [3.05, 3.63) is 63.7 Å². The van der Waals surface area contributed by atoms with Crippen LogP contribution in [-0.2, 0) is 9.59 Å². The number of rotatable bonds is 4. The SMILES string of the molecule is Cc1ccccc1NC(=O)[C@@H]1CC(=O)N(c2ccc(C)c([N+](=O)[O-])c2)C1. The molecule has 1 aliphatic rings. The Labute approximate surface area is 150 Å². The van der Waals surface area contributed by atoms with E-state index in [0.717, 1.165) is 11.3 Å². The maximum Gasteiger partial charge on any atom is 0.274 e. The van der Waals surface area contributed by atoms with Crippen molar-refractivity contribution in [2.75, 3.05) is 16.8 Å². The van der Waals surface area contributed by atoms with E-state index in [1.807, 2.05) is 31.2 Å². The first-order valence-corrected chi connectivity index (χ1v) is 8.28. The number of aryl methyl sites for hydroxylation is 2. The minimum absolute atomic E-state index is 0.0388. The Bertz CT molecular complexity index is 894. The molecule has 2 aromatic carbocycles. The van der Waals surface area contributed by atoms with Crippen molar-refractivity contribution in [1.29, 1.82) is 0 Å². The van der Waals surface area contributed by atoms with E-state index in [2.05, 4.69) is 5.32 Å². The van der Waals surface area contributed by atoms with E-state index < -0.39 is 10.8 Å². The number of carbonyl (C=O) groups is 2. The van der Waals surface area contributed by atoms with Crippen LogP contribution in [0.15, 0.2) is 42.5 Å². The lowest BCUT2D eigenvalue weighted by Gasteiger charge is -2.17. The standard InChI is InChI=1S/C19H19N3O4/c1-12-5-3-4-6-16(12)20-19(24)14-9-18(23)21(11-14)15-8-7-13(2)17(10-15)22(25)26/h3-8,10,14H,9,11H2,1-2H3,(H,20,24)/t14-/m1/s1. The van der Waals surface area contributed by atoms with E-state index in [4.69, 9.17) is 0 Å². The lowest BCUT2D eigenvalue weighted by atomic mass is 10.1. The van der Waals surface area contributed by atoms with Crippen LogP contribution in [0.25, 0.3) is 0 Å². The van der Waals surface area contributed by atoms with Gasteiger partial charge in [0.15, 0.2) is 0 Å². The molecule has 0 bridgehead atoms. The Hall–Kier alpha value is -3.22. The molecule has 0 aromatic heterocycles. The van der Waals surface area contributed by atoms with Gasteiger partial charge in [0.2, 0.25) is 11.8 Å². The molecule has 7 nitrogen and oxygen atoms in total. The molecule has 1 atom stereocenters. The van der Waals surface area contributed by atoms with Crippen LogP contribution in [0.4, 0.5) is 17.1 Å². The zero-order chi connectivity index (χ0) is 18.8. The smallest absolute Gasteiger partial charge is 0.274 e. The summed E-state index contributed by atoms with van der Waals surface area (Å²) in [5.41, 5.74) is 2.59. The number of nitrogens with zero attached hydrogens (tertiary/aromatic N) is 2. The third kappa shape index (κ3) is 3.42. The van der Waals surface area contributed by atoms with E-state index in [0.29, 0.717) is 11.3 Å². The number of benzene rings is 2. The summed E-state index contributed by atoms with van der Waals surface area (Å²) in [6.45, 7) is 3.75. The average molecular weight is 353 g/mol. The highest BCUT2D eigenvalue weighted by molar-refractivity contribution is 6.03. The number of nitrogens with one attached hydrogen (secondary N) is 1. The number of hydrogen-bond donors (Lipinski definition) is 1. The molecular formula is C19H19N3O4. The zero-order valence-electron chi connectivity index (χ0n) is 14.6. The number of hydrogen-bond acceptors (Lipinski definition) is 4. The van der Waals surface area contributed by atoms with Crippen LogP contribution < -0.4 is 10.2 Å². The zero-order valence-corrected chi connectivity index (χ0v) is 14.6. The van der Waals surface area contributed by atoms with Gasteiger partial charge in [0.05, 0.1) is 16.5 Å². The second-order valence-electron chi connectivity index (χ2n) is 6.44. The van der Waals surface area contributed by atoms with Crippen LogP contribution in [0.2, 0.25) is 0 Å². The molecule has 2 amide bonds. The van der Waals surface area contributed by atoms with E-state index in [-0.39, 0.29) is 30.5 Å². The molecule has 2 aromatic rings. The lowest BCUT2D eigenvalue weighted by molar-refractivity contribution is -0.385. The maximum atomic E-state index is 12.5. The largest absolute Gasteiger partial charge is 0.326 e. The van der Waals surface area contributed by atoms with E-state index in [1.165, 1.54) is 11.0 Å². The summed E-state index contributed by atoms with van der Waals surface area (Å²) >= 11 is 0. The van der Waals surface area contributed by atoms with Gasteiger partial charge < -0.3 is 10.2 Å². The Kier molecular flexibility index (Phi) is 4.71. The molecule has 0 spiro atoms. The van der Waals surface area contributed by atoms with Gasteiger partial charge in [-0.1, -0.05) is 24.3 Å². The highest BCUT2D eigenvalue weighted by Gasteiger charge is 2.35. The summed E-state index contributed by atoms with van der Waals surface area (Å²) < 4.78 is 0. The van der Waals surface area contributed by atoms with Crippen molar-refractivity contribution < 1.29 is 14.5 Å². The van der Waals surface area contributed by atoms with Crippen molar-refractivity contribution in [2.24, 2.45) is 5.92 Å².